The fourth-order valence-corrected chi connectivity index (χ4v) is 2.59. The summed E-state index contributed by atoms with van der Waals surface area (Å²) in [6.45, 7) is 0. The SMILES string of the molecule is COc1ccc(C(=O)Oc2ccc(/C=C(\C#N)C(=O)Nc3ccccc3F)cc2)cc1. The molecule has 0 radical (unpaired) electrons. The third-order valence-corrected chi connectivity index (χ3v) is 4.21. The molecule has 0 saturated heterocycles. The number of carbonyl (C=O) groups is 2. The van der Waals surface area contributed by atoms with Crippen LogP contribution in [0.15, 0.2) is 78.4 Å². The summed E-state index contributed by atoms with van der Waals surface area (Å²) in [6.07, 6.45) is 1.35. The van der Waals surface area contributed by atoms with E-state index >= 15 is 0 Å². The highest BCUT2D eigenvalue weighted by Crippen LogP contribution is 2.19. The molecule has 1 amide bonds. The van der Waals surface area contributed by atoms with E-state index < -0.39 is 17.7 Å². The Morgan fingerprint density at radius 2 is 1.61 bits per heavy atom. The van der Waals surface area contributed by atoms with Crippen LogP contribution in [0.4, 0.5) is 10.1 Å². The fraction of sp³-hybridized carbons (Fsp3) is 0.0417. The van der Waals surface area contributed by atoms with Gasteiger partial charge in [-0.1, -0.05) is 24.3 Å². The number of rotatable bonds is 6. The number of ether oxygens (including phenoxy) is 2. The first-order valence-corrected chi connectivity index (χ1v) is 9.14. The van der Waals surface area contributed by atoms with Crippen molar-refractivity contribution < 1.29 is 23.5 Å². The van der Waals surface area contributed by atoms with E-state index in [1.54, 1.807) is 48.5 Å². The largest absolute Gasteiger partial charge is 0.497 e. The summed E-state index contributed by atoms with van der Waals surface area (Å²) in [5, 5.41) is 11.7. The number of para-hydroxylation sites is 1. The van der Waals surface area contributed by atoms with Gasteiger partial charge in [-0.05, 0) is 60.2 Å². The monoisotopic (exact) mass is 416 g/mol. The van der Waals surface area contributed by atoms with Gasteiger partial charge in [0, 0.05) is 0 Å². The molecule has 0 fully saturated rings. The van der Waals surface area contributed by atoms with E-state index in [-0.39, 0.29) is 11.3 Å². The van der Waals surface area contributed by atoms with Crippen molar-refractivity contribution in [1.29, 1.82) is 5.26 Å². The van der Waals surface area contributed by atoms with Crippen molar-refractivity contribution in [2.75, 3.05) is 12.4 Å². The number of methoxy groups -OCH3 is 1. The predicted octanol–water partition coefficient (Wildman–Crippen LogP) is 4.60. The molecule has 3 aromatic carbocycles. The van der Waals surface area contributed by atoms with E-state index in [9.17, 15) is 19.2 Å². The number of anilines is 1. The van der Waals surface area contributed by atoms with Crippen molar-refractivity contribution in [1.82, 2.24) is 0 Å². The quantitative estimate of drug-likeness (QED) is 0.275. The van der Waals surface area contributed by atoms with Gasteiger partial charge in [-0.3, -0.25) is 4.79 Å². The highest BCUT2D eigenvalue weighted by Gasteiger charge is 2.12. The van der Waals surface area contributed by atoms with Crippen LogP contribution in [0.2, 0.25) is 0 Å². The number of nitriles is 1. The number of nitrogens with zero attached hydrogens (tertiary/aromatic N) is 1. The molecule has 0 unspecified atom stereocenters. The third kappa shape index (κ3) is 5.55. The van der Waals surface area contributed by atoms with Crippen molar-refractivity contribution in [3.8, 4) is 17.6 Å². The van der Waals surface area contributed by atoms with Gasteiger partial charge >= 0.3 is 5.97 Å². The number of nitrogens with one attached hydrogen (secondary N) is 1. The normalized spacial score (nSPS) is 10.7. The van der Waals surface area contributed by atoms with Crippen LogP contribution >= 0.6 is 0 Å². The van der Waals surface area contributed by atoms with Crippen LogP contribution in [0.3, 0.4) is 0 Å². The summed E-state index contributed by atoms with van der Waals surface area (Å²) in [5.41, 5.74) is 0.673. The van der Waals surface area contributed by atoms with E-state index in [1.807, 2.05) is 0 Å². The summed E-state index contributed by atoms with van der Waals surface area (Å²) >= 11 is 0. The van der Waals surface area contributed by atoms with Gasteiger partial charge in [0.2, 0.25) is 0 Å². The smallest absolute Gasteiger partial charge is 0.343 e. The number of carbonyl (C=O) groups excluding carboxylic acids is 2. The van der Waals surface area contributed by atoms with Gasteiger partial charge in [0.25, 0.3) is 5.91 Å². The maximum atomic E-state index is 13.7. The summed E-state index contributed by atoms with van der Waals surface area (Å²) in [6, 6.07) is 20.2. The molecule has 0 aromatic heterocycles. The lowest BCUT2D eigenvalue weighted by Gasteiger charge is -2.06. The van der Waals surface area contributed by atoms with E-state index in [2.05, 4.69) is 5.32 Å². The molecule has 0 bridgehead atoms. The lowest BCUT2D eigenvalue weighted by atomic mass is 10.1. The zero-order valence-electron chi connectivity index (χ0n) is 16.5. The Morgan fingerprint density at radius 1 is 0.968 bits per heavy atom. The Balaban J connectivity index is 1.68. The third-order valence-electron chi connectivity index (χ3n) is 4.21. The lowest BCUT2D eigenvalue weighted by Crippen LogP contribution is -2.14. The molecular formula is C24H17FN2O4. The number of esters is 1. The minimum atomic E-state index is -0.734. The van der Waals surface area contributed by atoms with Crippen LogP contribution in [0, 0.1) is 17.1 Å². The molecule has 0 heterocycles. The Bertz CT molecular complexity index is 1160. The van der Waals surface area contributed by atoms with Crippen LogP contribution in [0.1, 0.15) is 15.9 Å². The zero-order chi connectivity index (χ0) is 22.2. The molecule has 3 aromatic rings. The molecule has 0 aliphatic rings. The minimum Gasteiger partial charge on any atom is -0.497 e. The molecule has 7 heteroatoms. The molecule has 6 nitrogen and oxygen atoms in total. The first-order valence-electron chi connectivity index (χ1n) is 9.14. The minimum absolute atomic E-state index is 0.0190. The number of benzene rings is 3. The van der Waals surface area contributed by atoms with Crippen molar-refractivity contribution in [3.63, 3.8) is 0 Å². The summed E-state index contributed by atoms with van der Waals surface area (Å²) in [7, 11) is 1.53. The fourth-order valence-electron chi connectivity index (χ4n) is 2.59. The van der Waals surface area contributed by atoms with E-state index in [1.165, 1.54) is 43.5 Å². The molecule has 0 aliphatic carbocycles. The predicted molar refractivity (Wildman–Crippen MR) is 113 cm³/mol. The molecule has 0 aliphatic heterocycles. The number of hydrogen-bond donors (Lipinski definition) is 1. The second-order valence-corrected chi connectivity index (χ2v) is 6.29. The standard InChI is InChI=1S/C24H17FN2O4/c1-30-19-12-8-17(9-13-19)24(29)31-20-10-6-16(7-11-20)14-18(15-26)23(28)27-22-5-3-2-4-21(22)25/h2-14H,1H3,(H,27,28)/b18-14+. The molecule has 31 heavy (non-hydrogen) atoms. The second-order valence-electron chi connectivity index (χ2n) is 6.29. The Morgan fingerprint density at radius 3 is 2.23 bits per heavy atom. The maximum Gasteiger partial charge on any atom is 0.343 e. The molecule has 1 N–H and O–H groups in total. The van der Waals surface area contributed by atoms with Crippen molar-refractivity contribution in [2.45, 2.75) is 0 Å². The van der Waals surface area contributed by atoms with Gasteiger partial charge in [0.15, 0.2) is 0 Å². The Labute approximate surface area is 178 Å². The van der Waals surface area contributed by atoms with Crippen LogP contribution < -0.4 is 14.8 Å². The summed E-state index contributed by atoms with van der Waals surface area (Å²) < 4.78 is 24.1. The first-order chi connectivity index (χ1) is 15.0. The average molecular weight is 416 g/mol. The number of hydrogen-bond acceptors (Lipinski definition) is 5. The topological polar surface area (TPSA) is 88.4 Å². The molecule has 0 spiro atoms. The zero-order valence-corrected chi connectivity index (χ0v) is 16.5. The molecule has 0 saturated carbocycles. The van der Waals surface area contributed by atoms with Gasteiger partial charge in [-0.25, -0.2) is 9.18 Å². The Hall–Kier alpha value is -4.44. The van der Waals surface area contributed by atoms with Gasteiger partial charge in [-0.2, -0.15) is 5.26 Å². The average Bonchev–Trinajstić information content (AvgIpc) is 2.80. The summed E-state index contributed by atoms with van der Waals surface area (Å²) in [5.74, 6) is -0.945. The maximum absolute atomic E-state index is 13.7. The van der Waals surface area contributed by atoms with Crippen molar-refractivity contribution in [3.05, 3.63) is 95.3 Å². The van der Waals surface area contributed by atoms with Crippen molar-refractivity contribution in [2.24, 2.45) is 0 Å². The Kier molecular flexibility index (Phi) is 6.76. The van der Waals surface area contributed by atoms with Gasteiger partial charge < -0.3 is 14.8 Å². The van der Waals surface area contributed by atoms with Crippen LogP contribution in [0.25, 0.3) is 6.08 Å². The molecule has 154 valence electrons. The van der Waals surface area contributed by atoms with Crippen LogP contribution in [-0.4, -0.2) is 19.0 Å². The highest BCUT2D eigenvalue weighted by molar-refractivity contribution is 6.09. The van der Waals surface area contributed by atoms with Gasteiger partial charge in [0.1, 0.15) is 29.0 Å². The highest BCUT2D eigenvalue weighted by atomic mass is 19.1. The van der Waals surface area contributed by atoms with Crippen molar-refractivity contribution >= 4 is 23.6 Å². The second kappa shape index (κ2) is 9.85. The van der Waals surface area contributed by atoms with Crippen LogP contribution in [0.5, 0.6) is 11.5 Å². The molecular weight excluding hydrogens is 399 g/mol. The number of amides is 1. The van der Waals surface area contributed by atoms with E-state index in [0.717, 1.165) is 0 Å². The van der Waals surface area contributed by atoms with Gasteiger partial charge in [-0.15, -0.1) is 0 Å². The molecule has 0 atom stereocenters. The van der Waals surface area contributed by atoms with Crippen LogP contribution in [-0.2, 0) is 4.79 Å². The van der Waals surface area contributed by atoms with E-state index in [0.29, 0.717) is 22.6 Å². The number of halogens is 1. The molecule has 3 rings (SSSR count). The lowest BCUT2D eigenvalue weighted by molar-refractivity contribution is -0.112. The van der Waals surface area contributed by atoms with Gasteiger partial charge in [0.05, 0.1) is 18.4 Å². The summed E-state index contributed by atoms with van der Waals surface area (Å²) in [4.78, 5) is 24.5. The van der Waals surface area contributed by atoms with E-state index in [4.69, 9.17) is 9.47 Å². The first kappa shape index (κ1) is 21.3.